The summed E-state index contributed by atoms with van der Waals surface area (Å²) in [6.45, 7) is 4.38. The van der Waals surface area contributed by atoms with E-state index in [1.807, 2.05) is 18.2 Å². The first-order valence-electron chi connectivity index (χ1n) is 5.86. The minimum absolute atomic E-state index is 0.729. The summed E-state index contributed by atoms with van der Waals surface area (Å²) >= 11 is 0. The third-order valence-corrected chi connectivity index (χ3v) is 3.07. The molecule has 3 N–H and O–H groups in total. The number of nitrogen functional groups attached to an aromatic ring is 1. The molecule has 5 heteroatoms. The molecule has 0 bridgehead atoms. The number of aromatic amines is 1. The van der Waals surface area contributed by atoms with E-state index in [2.05, 4.69) is 14.9 Å². The van der Waals surface area contributed by atoms with Gasteiger partial charge in [0.25, 0.3) is 0 Å². The van der Waals surface area contributed by atoms with Crippen molar-refractivity contribution in [1.82, 2.24) is 14.9 Å². The summed E-state index contributed by atoms with van der Waals surface area (Å²) in [7, 11) is 0. The van der Waals surface area contributed by atoms with E-state index >= 15 is 0 Å². The number of nitrogens with two attached hydrogens (primary N) is 1. The Morgan fingerprint density at radius 2 is 2.18 bits per heavy atom. The number of para-hydroxylation sites is 1. The highest BCUT2D eigenvalue weighted by atomic mass is 16.5. The van der Waals surface area contributed by atoms with Crippen molar-refractivity contribution in [1.29, 1.82) is 0 Å². The van der Waals surface area contributed by atoms with Crippen LogP contribution in [0.2, 0.25) is 0 Å². The number of fused-ring (bicyclic) bond motifs is 1. The van der Waals surface area contributed by atoms with Crippen molar-refractivity contribution in [2.45, 2.75) is 6.54 Å². The molecule has 0 radical (unpaired) electrons. The molecule has 1 aliphatic heterocycles. The number of hydrogen-bond donors (Lipinski definition) is 2. The summed E-state index contributed by atoms with van der Waals surface area (Å²) in [5.74, 6) is 0.972. The van der Waals surface area contributed by atoms with Gasteiger partial charge in [-0.2, -0.15) is 0 Å². The van der Waals surface area contributed by atoms with Gasteiger partial charge < -0.3 is 15.5 Å². The third-order valence-electron chi connectivity index (χ3n) is 3.07. The highest BCUT2D eigenvalue weighted by molar-refractivity contribution is 5.86. The van der Waals surface area contributed by atoms with Crippen LogP contribution in [-0.2, 0) is 11.3 Å². The van der Waals surface area contributed by atoms with Crippen molar-refractivity contribution < 1.29 is 4.74 Å². The number of hydrogen-bond acceptors (Lipinski definition) is 4. The summed E-state index contributed by atoms with van der Waals surface area (Å²) < 4.78 is 5.32. The fraction of sp³-hybridized carbons (Fsp3) is 0.417. The van der Waals surface area contributed by atoms with Gasteiger partial charge in [-0.25, -0.2) is 4.98 Å². The van der Waals surface area contributed by atoms with Crippen LogP contribution in [-0.4, -0.2) is 41.2 Å². The summed E-state index contributed by atoms with van der Waals surface area (Å²) in [6, 6.07) is 5.82. The maximum atomic E-state index is 5.89. The molecule has 0 atom stereocenters. The van der Waals surface area contributed by atoms with Crippen LogP contribution in [0.1, 0.15) is 5.82 Å². The van der Waals surface area contributed by atoms with Crippen molar-refractivity contribution in [3.05, 3.63) is 24.0 Å². The average Bonchev–Trinajstić information content (AvgIpc) is 2.74. The fourth-order valence-corrected chi connectivity index (χ4v) is 2.15. The lowest BCUT2D eigenvalue weighted by Gasteiger charge is -2.25. The molecule has 1 aromatic heterocycles. The summed E-state index contributed by atoms with van der Waals surface area (Å²) in [5.41, 5.74) is 8.49. The molecule has 0 saturated carbocycles. The number of nitrogens with one attached hydrogen (secondary N) is 1. The maximum absolute atomic E-state index is 5.89. The SMILES string of the molecule is Nc1cccc2[nH]c(CN3CCOCC3)nc12. The monoisotopic (exact) mass is 232 g/mol. The molecular weight excluding hydrogens is 216 g/mol. The van der Waals surface area contributed by atoms with Crippen molar-refractivity contribution >= 4 is 16.7 Å². The Morgan fingerprint density at radius 1 is 1.35 bits per heavy atom. The van der Waals surface area contributed by atoms with E-state index in [0.717, 1.165) is 55.4 Å². The second kappa shape index (κ2) is 4.35. The average molecular weight is 232 g/mol. The molecule has 17 heavy (non-hydrogen) atoms. The van der Waals surface area contributed by atoms with Gasteiger partial charge in [-0.05, 0) is 12.1 Å². The number of H-pyrrole nitrogens is 1. The summed E-state index contributed by atoms with van der Waals surface area (Å²) in [5, 5.41) is 0. The second-order valence-electron chi connectivity index (χ2n) is 4.32. The lowest BCUT2D eigenvalue weighted by Crippen LogP contribution is -2.35. The minimum atomic E-state index is 0.729. The number of nitrogens with zero attached hydrogens (tertiary/aromatic N) is 2. The second-order valence-corrected chi connectivity index (χ2v) is 4.32. The zero-order valence-corrected chi connectivity index (χ0v) is 9.65. The highest BCUT2D eigenvalue weighted by Crippen LogP contribution is 2.18. The van der Waals surface area contributed by atoms with Crippen LogP contribution in [0.5, 0.6) is 0 Å². The zero-order valence-electron chi connectivity index (χ0n) is 9.65. The van der Waals surface area contributed by atoms with E-state index in [1.54, 1.807) is 0 Å². The Balaban J connectivity index is 1.83. The summed E-state index contributed by atoms with van der Waals surface area (Å²) in [4.78, 5) is 10.2. The lowest BCUT2D eigenvalue weighted by atomic mass is 10.3. The topological polar surface area (TPSA) is 67.2 Å². The van der Waals surface area contributed by atoms with E-state index in [9.17, 15) is 0 Å². The van der Waals surface area contributed by atoms with Crippen LogP contribution in [0.15, 0.2) is 18.2 Å². The van der Waals surface area contributed by atoms with E-state index in [-0.39, 0.29) is 0 Å². The Kier molecular flexibility index (Phi) is 2.70. The Labute approximate surface area is 99.6 Å². The van der Waals surface area contributed by atoms with Crippen LogP contribution < -0.4 is 5.73 Å². The van der Waals surface area contributed by atoms with Gasteiger partial charge in [-0.1, -0.05) is 6.07 Å². The normalized spacial score (nSPS) is 17.6. The van der Waals surface area contributed by atoms with Gasteiger partial charge in [0.05, 0.1) is 31.0 Å². The van der Waals surface area contributed by atoms with Crippen molar-refractivity contribution in [3.8, 4) is 0 Å². The van der Waals surface area contributed by atoms with E-state index in [4.69, 9.17) is 10.5 Å². The summed E-state index contributed by atoms with van der Waals surface area (Å²) in [6.07, 6.45) is 0. The smallest absolute Gasteiger partial charge is 0.121 e. The van der Waals surface area contributed by atoms with Crippen LogP contribution >= 0.6 is 0 Å². The number of ether oxygens (including phenoxy) is 1. The van der Waals surface area contributed by atoms with Crippen molar-refractivity contribution in [2.75, 3.05) is 32.0 Å². The predicted molar refractivity (Wildman–Crippen MR) is 66.6 cm³/mol. The number of imidazole rings is 1. The van der Waals surface area contributed by atoms with Gasteiger partial charge in [0.1, 0.15) is 11.3 Å². The van der Waals surface area contributed by atoms with Gasteiger partial charge in [-0.3, -0.25) is 4.90 Å². The number of morpholine rings is 1. The van der Waals surface area contributed by atoms with Crippen molar-refractivity contribution in [2.24, 2.45) is 0 Å². The molecule has 1 aliphatic rings. The minimum Gasteiger partial charge on any atom is -0.397 e. The molecule has 0 aliphatic carbocycles. The molecule has 1 saturated heterocycles. The Morgan fingerprint density at radius 3 is 2.94 bits per heavy atom. The fourth-order valence-electron chi connectivity index (χ4n) is 2.15. The Bertz CT molecular complexity index is 516. The maximum Gasteiger partial charge on any atom is 0.121 e. The predicted octanol–water partition coefficient (Wildman–Crippen LogP) is 0.977. The first-order valence-corrected chi connectivity index (χ1v) is 5.86. The molecule has 1 fully saturated rings. The Hall–Kier alpha value is -1.59. The molecular formula is C12H16N4O. The lowest BCUT2D eigenvalue weighted by molar-refractivity contribution is 0.0332. The first-order chi connectivity index (χ1) is 8.33. The van der Waals surface area contributed by atoms with Crippen LogP contribution in [0, 0.1) is 0 Å². The standard InChI is InChI=1S/C12H16N4O/c13-9-2-1-3-10-12(9)15-11(14-10)8-16-4-6-17-7-5-16/h1-3H,4-8,13H2,(H,14,15). The largest absolute Gasteiger partial charge is 0.397 e. The number of aromatic nitrogens is 2. The quantitative estimate of drug-likeness (QED) is 0.757. The third kappa shape index (κ3) is 2.11. The molecule has 2 aromatic rings. The van der Waals surface area contributed by atoms with Gasteiger partial charge >= 0.3 is 0 Å². The highest BCUT2D eigenvalue weighted by Gasteiger charge is 2.13. The van der Waals surface area contributed by atoms with Gasteiger partial charge in [0.15, 0.2) is 0 Å². The van der Waals surface area contributed by atoms with Gasteiger partial charge in [-0.15, -0.1) is 0 Å². The van der Waals surface area contributed by atoms with Crippen LogP contribution in [0.4, 0.5) is 5.69 Å². The zero-order chi connectivity index (χ0) is 11.7. The number of benzene rings is 1. The van der Waals surface area contributed by atoms with Gasteiger partial charge in [0, 0.05) is 13.1 Å². The molecule has 0 amide bonds. The van der Waals surface area contributed by atoms with E-state index in [0.29, 0.717) is 0 Å². The van der Waals surface area contributed by atoms with Crippen LogP contribution in [0.3, 0.4) is 0 Å². The molecule has 0 spiro atoms. The van der Waals surface area contributed by atoms with Crippen molar-refractivity contribution in [3.63, 3.8) is 0 Å². The first kappa shape index (κ1) is 10.6. The molecule has 90 valence electrons. The van der Waals surface area contributed by atoms with E-state index in [1.165, 1.54) is 0 Å². The molecule has 5 nitrogen and oxygen atoms in total. The van der Waals surface area contributed by atoms with Gasteiger partial charge in [0.2, 0.25) is 0 Å². The molecule has 0 unspecified atom stereocenters. The molecule has 2 heterocycles. The molecule has 1 aromatic carbocycles. The number of rotatable bonds is 2. The number of anilines is 1. The van der Waals surface area contributed by atoms with E-state index < -0.39 is 0 Å². The van der Waals surface area contributed by atoms with Crippen LogP contribution in [0.25, 0.3) is 11.0 Å². The molecule has 3 rings (SSSR count).